The molecule has 0 bridgehead atoms. The average molecular weight is 523 g/mol. The van der Waals surface area contributed by atoms with Crippen LogP contribution in [-0.4, -0.2) is 44.4 Å². The van der Waals surface area contributed by atoms with Crippen molar-refractivity contribution in [3.8, 4) is 5.75 Å². The normalized spacial score (nSPS) is 20.1. The van der Waals surface area contributed by atoms with Gasteiger partial charge in [0.15, 0.2) is 0 Å². The number of thioether (sulfide) groups is 1. The van der Waals surface area contributed by atoms with Gasteiger partial charge in [0.05, 0.1) is 10.6 Å². The summed E-state index contributed by atoms with van der Waals surface area (Å²) in [5.74, 6) is -0.178. The standard InChI is InChI=1S/C25H31FN2O5S2/c1-3-5-6-18-15-28(19-9-7-17(26)8-10-19)20-13-22(34-4-2)21(14-23(20)35(31,32)27-18)33-16-25(11-12-25)24(29)30/h7-10,13-14,18,27H,3-6,11-12,15-16H2,1-2H3,(H,29,30)/t18-/m1/s1. The fourth-order valence-electron chi connectivity index (χ4n) is 4.23. The van der Waals surface area contributed by atoms with Gasteiger partial charge in [0.1, 0.15) is 28.5 Å². The van der Waals surface area contributed by atoms with Crippen molar-refractivity contribution in [2.75, 3.05) is 23.8 Å². The van der Waals surface area contributed by atoms with E-state index >= 15 is 0 Å². The molecular formula is C25H31FN2O5S2. The first-order valence-corrected chi connectivity index (χ1v) is 14.4. The Morgan fingerprint density at radius 2 is 1.97 bits per heavy atom. The lowest BCUT2D eigenvalue weighted by molar-refractivity contribution is -0.144. The number of hydrogen-bond donors (Lipinski definition) is 2. The number of aliphatic carboxylic acids is 1. The molecule has 0 aromatic heterocycles. The van der Waals surface area contributed by atoms with Gasteiger partial charge in [0.2, 0.25) is 10.0 Å². The number of carboxylic acid groups (broad SMARTS) is 1. The molecule has 190 valence electrons. The molecule has 0 amide bonds. The van der Waals surface area contributed by atoms with Crippen LogP contribution in [0.5, 0.6) is 5.75 Å². The Kier molecular flexibility index (Phi) is 7.63. The molecule has 35 heavy (non-hydrogen) atoms. The zero-order chi connectivity index (χ0) is 25.2. The van der Waals surface area contributed by atoms with Crippen LogP contribution in [0.2, 0.25) is 0 Å². The molecule has 0 unspecified atom stereocenters. The summed E-state index contributed by atoms with van der Waals surface area (Å²) in [6.07, 6.45) is 3.55. The molecule has 10 heteroatoms. The first-order valence-electron chi connectivity index (χ1n) is 11.9. The van der Waals surface area contributed by atoms with E-state index in [0.29, 0.717) is 42.9 Å². The Morgan fingerprint density at radius 3 is 2.57 bits per heavy atom. The number of sulfonamides is 1. The number of ether oxygens (including phenoxy) is 1. The van der Waals surface area contributed by atoms with Crippen LogP contribution in [0.4, 0.5) is 15.8 Å². The van der Waals surface area contributed by atoms with Crippen molar-refractivity contribution >= 4 is 39.1 Å². The summed E-state index contributed by atoms with van der Waals surface area (Å²) in [6.45, 7) is 4.43. The number of anilines is 2. The number of hydrogen-bond acceptors (Lipinski definition) is 6. The number of fused-ring (bicyclic) bond motifs is 1. The highest BCUT2D eigenvalue weighted by Crippen LogP contribution is 2.48. The monoisotopic (exact) mass is 522 g/mol. The third-order valence-corrected chi connectivity index (χ3v) is 8.95. The van der Waals surface area contributed by atoms with Gasteiger partial charge in [-0.1, -0.05) is 26.7 Å². The van der Waals surface area contributed by atoms with Crippen LogP contribution in [0.15, 0.2) is 46.2 Å². The Bertz CT molecular complexity index is 1180. The molecule has 7 nitrogen and oxygen atoms in total. The lowest BCUT2D eigenvalue weighted by Crippen LogP contribution is -2.39. The highest BCUT2D eigenvalue weighted by molar-refractivity contribution is 7.99. The summed E-state index contributed by atoms with van der Waals surface area (Å²) in [5, 5.41) is 9.52. The largest absolute Gasteiger partial charge is 0.491 e. The van der Waals surface area contributed by atoms with E-state index in [9.17, 15) is 22.7 Å². The number of halogens is 1. The maximum absolute atomic E-state index is 13.7. The molecule has 1 aliphatic heterocycles. The fourth-order valence-corrected chi connectivity index (χ4v) is 6.46. The summed E-state index contributed by atoms with van der Waals surface area (Å²) in [6, 6.07) is 9.00. The van der Waals surface area contributed by atoms with Crippen molar-refractivity contribution in [2.24, 2.45) is 5.41 Å². The molecule has 0 saturated heterocycles. The van der Waals surface area contributed by atoms with Crippen molar-refractivity contribution in [2.45, 2.75) is 61.8 Å². The molecule has 2 aromatic carbocycles. The highest BCUT2D eigenvalue weighted by Gasteiger charge is 2.51. The Hall–Kier alpha value is -2.30. The van der Waals surface area contributed by atoms with E-state index in [2.05, 4.69) is 11.6 Å². The maximum atomic E-state index is 13.7. The van der Waals surface area contributed by atoms with Crippen molar-refractivity contribution in [3.05, 3.63) is 42.2 Å². The SMILES string of the molecule is CCCC[C@@H]1CN(c2ccc(F)cc2)c2cc(SCC)c(OCC3(C(=O)O)CC3)cc2S(=O)(=O)N1. The number of carbonyl (C=O) groups is 1. The molecule has 1 atom stereocenters. The fraction of sp³-hybridized carbons (Fsp3) is 0.480. The summed E-state index contributed by atoms with van der Waals surface area (Å²) in [5.41, 5.74) is 0.284. The van der Waals surface area contributed by atoms with Crippen molar-refractivity contribution in [1.29, 1.82) is 0 Å². The first kappa shape index (κ1) is 25.8. The van der Waals surface area contributed by atoms with Crippen LogP contribution in [-0.2, 0) is 14.8 Å². The van der Waals surface area contributed by atoms with Crippen LogP contribution in [0.25, 0.3) is 0 Å². The van der Waals surface area contributed by atoms with Gasteiger partial charge in [-0.3, -0.25) is 4.79 Å². The molecule has 2 N–H and O–H groups in total. The number of unbranched alkanes of at least 4 members (excludes halogenated alkanes) is 1. The summed E-state index contributed by atoms with van der Waals surface area (Å²) in [4.78, 5) is 14.3. The Balaban J connectivity index is 1.80. The third kappa shape index (κ3) is 5.59. The molecule has 0 radical (unpaired) electrons. The number of benzene rings is 2. The summed E-state index contributed by atoms with van der Waals surface area (Å²) < 4.78 is 49.4. The Morgan fingerprint density at radius 1 is 1.26 bits per heavy atom. The third-order valence-electron chi connectivity index (χ3n) is 6.49. The lowest BCUT2D eigenvalue weighted by atomic mass is 10.1. The number of nitrogens with zero attached hydrogens (tertiary/aromatic N) is 1. The van der Waals surface area contributed by atoms with Gasteiger partial charge in [-0.25, -0.2) is 17.5 Å². The molecule has 0 spiro atoms. The van der Waals surface area contributed by atoms with Gasteiger partial charge in [0, 0.05) is 24.3 Å². The molecule has 1 aliphatic carbocycles. The smallest absolute Gasteiger partial charge is 0.313 e. The van der Waals surface area contributed by atoms with Gasteiger partial charge >= 0.3 is 5.97 Å². The van der Waals surface area contributed by atoms with Crippen molar-refractivity contribution in [1.82, 2.24) is 4.72 Å². The van der Waals surface area contributed by atoms with E-state index in [-0.39, 0.29) is 23.4 Å². The topological polar surface area (TPSA) is 95.9 Å². The predicted octanol–water partition coefficient (Wildman–Crippen LogP) is 5.17. The van der Waals surface area contributed by atoms with Crippen molar-refractivity contribution < 1.29 is 27.4 Å². The number of rotatable bonds is 10. The van der Waals surface area contributed by atoms with Gasteiger partial charge in [-0.15, -0.1) is 11.8 Å². The first-order chi connectivity index (χ1) is 16.7. The minimum atomic E-state index is -3.89. The predicted molar refractivity (Wildman–Crippen MR) is 135 cm³/mol. The second-order valence-electron chi connectivity index (χ2n) is 9.12. The van der Waals surface area contributed by atoms with Crippen LogP contribution in [0.1, 0.15) is 46.0 Å². The second-order valence-corrected chi connectivity index (χ2v) is 12.1. The minimum Gasteiger partial charge on any atom is -0.491 e. The van der Waals surface area contributed by atoms with Gasteiger partial charge in [-0.05, 0) is 55.3 Å². The van der Waals surface area contributed by atoms with Crippen molar-refractivity contribution in [3.63, 3.8) is 0 Å². The van der Waals surface area contributed by atoms with Gasteiger partial charge < -0.3 is 14.7 Å². The molecule has 2 aromatic rings. The van der Waals surface area contributed by atoms with Crippen LogP contribution >= 0.6 is 11.8 Å². The van der Waals surface area contributed by atoms with E-state index < -0.39 is 21.4 Å². The lowest BCUT2D eigenvalue weighted by Gasteiger charge is -2.28. The summed E-state index contributed by atoms with van der Waals surface area (Å²) in [7, 11) is -3.89. The zero-order valence-electron chi connectivity index (χ0n) is 19.9. The molecule has 1 fully saturated rings. The quantitative estimate of drug-likeness (QED) is 0.416. The highest BCUT2D eigenvalue weighted by atomic mass is 32.2. The van der Waals surface area contributed by atoms with Crippen LogP contribution < -0.4 is 14.4 Å². The summed E-state index contributed by atoms with van der Waals surface area (Å²) >= 11 is 1.50. The van der Waals surface area contributed by atoms with E-state index in [1.165, 1.54) is 30.0 Å². The maximum Gasteiger partial charge on any atom is 0.313 e. The van der Waals surface area contributed by atoms with Crippen LogP contribution in [0, 0.1) is 11.2 Å². The molecule has 1 saturated carbocycles. The van der Waals surface area contributed by atoms with Crippen LogP contribution in [0.3, 0.4) is 0 Å². The second kappa shape index (κ2) is 10.4. The molecular weight excluding hydrogens is 491 g/mol. The van der Waals surface area contributed by atoms with E-state index in [1.54, 1.807) is 18.2 Å². The molecule has 1 heterocycles. The van der Waals surface area contributed by atoms with E-state index in [1.807, 2.05) is 11.8 Å². The molecule has 2 aliphatic rings. The van der Waals surface area contributed by atoms with Gasteiger partial charge in [-0.2, -0.15) is 0 Å². The minimum absolute atomic E-state index is 0.00727. The number of nitrogens with one attached hydrogen (secondary N) is 1. The Labute approximate surface area is 210 Å². The average Bonchev–Trinajstić information content (AvgIpc) is 3.62. The zero-order valence-corrected chi connectivity index (χ0v) is 21.6. The molecule has 4 rings (SSSR count). The van der Waals surface area contributed by atoms with Gasteiger partial charge in [0.25, 0.3) is 0 Å². The van der Waals surface area contributed by atoms with E-state index in [4.69, 9.17) is 4.74 Å². The number of carboxylic acids is 1. The van der Waals surface area contributed by atoms with E-state index in [0.717, 1.165) is 23.5 Å².